The number of methoxy groups -OCH3 is 1. The lowest BCUT2D eigenvalue weighted by Crippen LogP contribution is -1.98. The third kappa shape index (κ3) is 3.36. The largest absolute Gasteiger partial charge is 0.496 e. The Balaban J connectivity index is 3.49. The second-order valence-corrected chi connectivity index (χ2v) is 4.88. The molecule has 0 heterocycles. The topological polar surface area (TPSA) is 9.23 Å². The zero-order valence-corrected chi connectivity index (χ0v) is 12.9. The average Bonchev–Trinajstić information content (AvgIpc) is 2.35. The van der Waals surface area contributed by atoms with Crippen molar-refractivity contribution in [1.29, 1.82) is 0 Å². The van der Waals surface area contributed by atoms with Crippen molar-refractivity contribution in [3.63, 3.8) is 0 Å². The van der Waals surface area contributed by atoms with Crippen LogP contribution in [0.15, 0.2) is 29.3 Å². The van der Waals surface area contributed by atoms with Crippen LogP contribution in [0.25, 0.3) is 5.57 Å². The fourth-order valence-corrected chi connectivity index (χ4v) is 2.21. The van der Waals surface area contributed by atoms with E-state index in [1.165, 1.54) is 7.11 Å². The predicted molar refractivity (Wildman–Crippen MR) is 78.8 cm³/mol. The van der Waals surface area contributed by atoms with E-state index in [1.54, 1.807) is 25.1 Å². The minimum absolute atomic E-state index is 0.284. The van der Waals surface area contributed by atoms with E-state index in [1.807, 2.05) is 13.0 Å². The second-order valence-electron chi connectivity index (χ2n) is 3.72. The molecule has 0 atom stereocenters. The van der Waals surface area contributed by atoms with Crippen molar-refractivity contribution in [1.82, 2.24) is 0 Å². The molecule has 0 fully saturated rings. The van der Waals surface area contributed by atoms with Gasteiger partial charge in [-0.25, -0.2) is 4.39 Å². The van der Waals surface area contributed by atoms with Gasteiger partial charge in [0.05, 0.1) is 12.7 Å². The zero-order chi connectivity index (χ0) is 13.7. The number of ether oxygens (including phenoxy) is 1. The maximum Gasteiger partial charge on any atom is 0.138 e. The van der Waals surface area contributed by atoms with Crippen molar-refractivity contribution >= 4 is 33.1 Å². The van der Waals surface area contributed by atoms with E-state index in [2.05, 4.69) is 15.9 Å². The molecule has 0 aliphatic rings. The van der Waals surface area contributed by atoms with Crippen LogP contribution < -0.4 is 4.74 Å². The lowest BCUT2D eigenvalue weighted by atomic mass is 10.0. The Kier molecular flexibility index (Phi) is 5.89. The zero-order valence-electron chi connectivity index (χ0n) is 10.6. The first-order chi connectivity index (χ1) is 8.54. The summed E-state index contributed by atoms with van der Waals surface area (Å²) in [6, 6.07) is 3.47. The molecular formula is C14H15BrClFO. The molecule has 0 saturated heterocycles. The maximum atomic E-state index is 14.4. The van der Waals surface area contributed by atoms with Gasteiger partial charge in [-0.05, 0) is 37.1 Å². The van der Waals surface area contributed by atoms with Crippen LogP contribution in [-0.2, 0) is 5.33 Å². The second kappa shape index (κ2) is 6.95. The number of halogens is 3. The first-order valence-corrected chi connectivity index (χ1v) is 6.96. The molecule has 0 saturated carbocycles. The first kappa shape index (κ1) is 15.3. The highest BCUT2D eigenvalue weighted by Crippen LogP contribution is 2.33. The number of hydrogen-bond acceptors (Lipinski definition) is 1. The molecule has 0 radical (unpaired) electrons. The normalized spacial score (nSPS) is 12.8. The van der Waals surface area contributed by atoms with Gasteiger partial charge in [0.2, 0.25) is 0 Å². The monoisotopic (exact) mass is 332 g/mol. The van der Waals surface area contributed by atoms with Gasteiger partial charge in [0, 0.05) is 10.4 Å². The van der Waals surface area contributed by atoms with Crippen molar-refractivity contribution < 1.29 is 9.13 Å². The Hall–Kier alpha value is -0.800. The quantitative estimate of drug-likeness (QED) is 0.538. The van der Waals surface area contributed by atoms with Crippen molar-refractivity contribution in [2.45, 2.75) is 19.2 Å². The Labute approximate surface area is 120 Å². The van der Waals surface area contributed by atoms with Gasteiger partial charge in [0.15, 0.2) is 0 Å². The number of hydrogen-bond donors (Lipinski definition) is 0. The number of rotatable bonds is 4. The summed E-state index contributed by atoms with van der Waals surface area (Å²) >= 11 is 9.14. The van der Waals surface area contributed by atoms with Crippen LogP contribution in [0.2, 0.25) is 0 Å². The minimum Gasteiger partial charge on any atom is -0.496 e. The summed E-state index contributed by atoms with van der Waals surface area (Å²) in [5, 5.41) is 1.05. The van der Waals surface area contributed by atoms with Gasteiger partial charge >= 0.3 is 0 Å². The maximum absolute atomic E-state index is 14.4. The van der Waals surface area contributed by atoms with Crippen LogP contribution in [0.3, 0.4) is 0 Å². The smallest absolute Gasteiger partial charge is 0.138 e. The highest BCUT2D eigenvalue weighted by atomic mass is 79.9. The summed E-state index contributed by atoms with van der Waals surface area (Å²) in [4.78, 5) is 0. The van der Waals surface area contributed by atoms with E-state index >= 15 is 0 Å². The molecule has 1 rings (SSSR count). The third-order valence-electron chi connectivity index (χ3n) is 2.50. The highest BCUT2D eigenvalue weighted by molar-refractivity contribution is 9.08. The van der Waals surface area contributed by atoms with Crippen LogP contribution in [0.5, 0.6) is 5.75 Å². The lowest BCUT2D eigenvalue weighted by molar-refractivity contribution is 0.409. The van der Waals surface area contributed by atoms with Crippen LogP contribution >= 0.6 is 27.5 Å². The molecule has 18 heavy (non-hydrogen) atoms. The fourth-order valence-electron chi connectivity index (χ4n) is 1.66. The van der Waals surface area contributed by atoms with Crippen LogP contribution in [0, 0.1) is 5.82 Å². The molecule has 0 aliphatic heterocycles. The molecule has 98 valence electrons. The van der Waals surface area contributed by atoms with Gasteiger partial charge in [-0.2, -0.15) is 0 Å². The molecule has 0 aliphatic carbocycles. The summed E-state index contributed by atoms with van der Waals surface area (Å²) in [6.07, 6.45) is 3.53. The fraction of sp³-hybridized carbons (Fsp3) is 0.286. The summed E-state index contributed by atoms with van der Waals surface area (Å²) in [5.74, 6) is 0.216. The number of allylic oxidation sites excluding steroid dienone is 4. The van der Waals surface area contributed by atoms with E-state index in [9.17, 15) is 4.39 Å². The van der Waals surface area contributed by atoms with Gasteiger partial charge in [-0.3, -0.25) is 0 Å². The van der Waals surface area contributed by atoms with Gasteiger partial charge in [-0.15, -0.1) is 0 Å². The van der Waals surface area contributed by atoms with Crippen molar-refractivity contribution in [3.8, 4) is 5.75 Å². The molecule has 1 nitrogen and oxygen atoms in total. The van der Waals surface area contributed by atoms with Crippen molar-refractivity contribution in [2.75, 3.05) is 7.11 Å². The predicted octanol–water partition coefficient (Wildman–Crippen LogP) is 5.28. The van der Waals surface area contributed by atoms with E-state index in [0.29, 0.717) is 32.8 Å². The van der Waals surface area contributed by atoms with E-state index in [0.717, 1.165) is 0 Å². The standard InChI is InChI=1S/C14H15BrClFO/c1-4-10(7-9(2)16)13-12(18-3)6-5-11(8-15)14(13)17/h4-7H,8H2,1-3H3/b9-7+,10-4+. The summed E-state index contributed by atoms with van der Waals surface area (Å²) in [5.41, 5.74) is 1.74. The minimum atomic E-state index is -0.284. The Morgan fingerprint density at radius 3 is 2.61 bits per heavy atom. The van der Waals surface area contributed by atoms with Crippen LogP contribution in [0.4, 0.5) is 4.39 Å². The van der Waals surface area contributed by atoms with Gasteiger partial charge in [0.25, 0.3) is 0 Å². The summed E-state index contributed by atoms with van der Waals surface area (Å²) in [7, 11) is 1.52. The van der Waals surface area contributed by atoms with Crippen LogP contribution in [0.1, 0.15) is 25.0 Å². The molecule has 0 aromatic heterocycles. The van der Waals surface area contributed by atoms with E-state index in [-0.39, 0.29) is 5.82 Å². The average molecular weight is 334 g/mol. The first-order valence-electron chi connectivity index (χ1n) is 5.47. The molecular weight excluding hydrogens is 319 g/mol. The lowest BCUT2D eigenvalue weighted by Gasteiger charge is -2.13. The summed E-state index contributed by atoms with van der Waals surface area (Å²) in [6.45, 7) is 3.59. The SMILES string of the molecule is C/C=C(\C=C(/C)Cl)c1c(OC)ccc(CBr)c1F. The molecule has 0 N–H and O–H groups in total. The Morgan fingerprint density at radius 1 is 1.50 bits per heavy atom. The van der Waals surface area contributed by atoms with E-state index in [4.69, 9.17) is 16.3 Å². The Morgan fingerprint density at radius 2 is 2.17 bits per heavy atom. The highest BCUT2D eigenvalue weighted by Gasteiger charge is 2.16. The molecule has 1 aromatic carbocycles. The Bertz CT molecular complexity index is 491. The van der Waals surface area contributed by atoms with Crippen molar-refractivity contribution in [2.24, 2.45) is 0 Å². The van der Waals surface area contributed by atoms with Crippen LogP contribution in [-0.4, -0.2) is 7.11 Å². The van der Waals surface area contributed by atoms with Gasteiger partial charge in [-0.1, -0.05) is 39.7 Å². The third-order valence-corrected chi connectivity index (χ3v) is 3.21. The molecule has 4 heteroatoms. The number of benzene rings is 1. The number of alkyl halides is 1. The molecule has 0 unspecified atom stereocenters. The van der Waals surface area contributed by atoms with E-state index < -0.39 is 0 Å². The van der Waals surface area contributed by atoms with Gasteiger partial charge < -0.3 is 4.74 Å². The molecule has 1 aromatic rings. The molecule has 0 spiro atoms. The molecule has 0 amide bonds. The van der Waals surface area contributed by atoms with Crippen molar-refractivity contribution in [3.05, 3.63) is 46.3 Å². The molecule has 0 bridgehead atoms. The summed E-state index contributed by atoms with van der Waals surface area (Å²) < 4.78 is 19.6. The van der Waals surface area contributed by atoms with Gasteiger partial charge in [0.1, 0.15) is 11.6 Å².